The summed E-state index contributed by atoms with van der Waals surface area (Å²) in [7, 11) is 0. The standard InChI is InChI=1S/C18H17N3OS2/c1-2-6-16(22)20-17(23)21-18-19-15(11-24-18)14-10-5-8-12-7-3-4-9-13(12)14/h3-5,7-11H,2,6H2,1H3,(H2,19,20,21,22,23). The van der Waals surface area contributed by atoms with Crippen LogP contribution in [-0.4, -0.2) is 16.0 Å². The van der Waals surface area contributed by atoms with E-state index in [1.54, 1.807) is 0 Å². The number of rotatable bonds is 4. The fourth-order valence-corrected chi connectivity index (χ4v) is 3.44. The zero-order chi connectivity index (χ0) is 16.9. The van der Waals surface area contributed by atoms with E-state index in [1.807, 2.05) is 30.5 Å². The van der Waals surface area contributed by atoms with Gasteiger partial charge in [0.15, 0.2) is 10.2 Å². The van der Waals surface area contributed by atoms with E-state index >= 15 is 0 Å². The molecule has 0 aliphatic rings. The fraction of sp³-hybridized carbons (Fsp3) is 0.167. The van der Waals surface area contributed by atoms with Crippen LogP contribution in [-0.2, 0) is 4.79 Å². The second-order valence-electron chi connectivity index (χ2n) is 5.32. The van der Waals surface area contributed by atoms with E-state index in [2.05, 4.69) is 39.9 Å². The van der Waals surface area contributed by atoms with E-state index < -0.39 is 0 Å². The fourth-order valence-electron chi connectivity index (χ4n) is 2.45. The lowest BCUT2D eigenvalue weighted by molar-refractivity contribution is -0.119. The van der Waals surface area contributed by atoms with Crippen LogP contribution in [0.4, 0.5) is 5.13 Å². The molecule has 4 nitrogen and oxygen atoms in total. The van der Waals surface area contributed by atoms with E-state index in [0.29, 0.717) is 11.6 Å². The summed E-state index contributed by atoms with van der Waals surface area (Å²) in [6.45, 7) is 1.95. The van der Waals surface area contributed by atoms with Crippen LogP contribution in [0.5, 0.6) is 0 Å². The number of thiocarbonyl (C=S) groups is 1. The molecule has 122 valence electrons. The SMILES string of the molecule is CCCC(=O)NC(=S)Nc1nc(-c2cccc3ccccc23)cs1. The average molecular weight is 355 g/mol. The summed E-state index contributed by atoms with van der Waals surface area (Å²) >= 11 is 6.61. The van der Waals surface area contributed by atoms with Gasteiger partial charge in [0.1, 0.15) is 0 Å². The van der Waals surface area contributed by atoms with Gasteiger partial charge in [0.05, 0.1) is 5.69 Å². The van der Waals surface area contributed by atoms with Crippen molar-refractivity contribution in [2.45, 2.75) is 19.8 Å². The highest BCUT2D eigenvalue weighted by molar-refractivity contribution is 7.80. The first kappa shape index (κ1) is 16.5. The van der Waals surface area contributed by atoms with Gasteiger partial charge in [0.25, 0.3) is 0 Å². The molecule has 0 spiro atoms. The van der Waals surface area contributed by atoms with Crippen LogP contribution in [0.15, 0.2) is 47.8 Å². The van der Waals surface area contributed by atoms with Gasteiger partial charge in [-0.15, -0.1) is 11.3 Å². The first-order valence-corrected chi connectivity index (χ1v) is 9.00. The number of thiazole rings is 1. The van der Waals surface area contributed by atoms with Gasteiger partial charge in [-0.25, -0.2) is 4.98 Å². The van der Waals surface area contributed by atoms with Gasteiger partial charge in [-0.05, 0) is 29.4 Å². The molecule has 0 atom stereocenters. The maximum Gasteiger partial charge on any atom is 0.226 e. The van der Waals surface area contributed by atoms with Crippen LogP contribution in [0.2, 0.25) is 0 Å². The molecule has 24 heavy (non-hydrogen) atoms. The molecule has 3 aromatic rings. The Hall–Kier alpha value is -2.31. The lowest BCUT2D eigenvalue weighted by Gasteiger charge is -2.06. The third-order valence-electron chi connectivity index (χ3n) is 3.52. The van der Waals surface area contributed by atoms with Gasteiger partial charge >= 0.3 is 0 Å². The molecule has 2 N–H and O–H groups in total. The van der Waals surface area contributed by atoms with E-state index in [1.165, 1.54) is 16.7 Å². The third-order valence-corrected chi connectivity index (χ3v) is 4.48. The smallest absolute Gasteiger partial charge is 0.226 e. The van der Waals surface area contributed by atoms with Crippen molar-refractivity contribution in [2.24, 2.45) is 0 Å². The molecule has 0 saturated heterocycles. The zero-order valence-corrected chi connectivity index (χ0v) is 14.8. The summed E-state index contributed by atoms with van der Waals surface area (Å²) < 4.78 is 0. The lowest BCUT2D eigenvalue weighted by Crippen LogP contribution is -2.33. The number of amides is 1. The van der Waals surface area contributed by atoms with Crippen LogP contribution in [0.25, 0.3) is 22.0 Å². The van der Waals surface area contributed by atoms with Crippen molar-refractivity contribution in [2.75, 3.05) is 5.32 Å². The number of nitrogens with one attached hydrogen (secondary N) is 2. The molecule has 0 fully saturated rings. The summed E-state index contributed by atoms with van der Waals surface area (Å²) in [5.41, 5.74) is 1.97. The quantitative estimate of drug-likeness (QED) is 0.673. The van der Waals surface area contributed by atoms with Crippen molar-refractivity contribution < 1.29 is 4.79 Å². The number of hydrogen-bond acceptors (Lipinski definition) is 4. The van der Waals surface area contributed by atoms with Crippen molar-refractivity contribution in [1.82, 2.24) is 10.3 Å². The Balaban J connectivity index is 1.78. The predicted molar refractivity (Wildman–Crippen MR) is 104 cm³/mol. The van der Waals surface area contributed by atoms with Crippen molar-refractivity contribution in [3.8, 4) is 11.3 Å². The number of carbonyl (C=O) groups is 1. The van der Waals surface area contributed by atoms with E-state index in [0.717, 1.165) is 23.1 Å². The Kier molecular flexibility index (Phi) is 5.17. The van der Waals surface area contributed by atoms with Gasteiger partial charge in [-0.2, -0.15) is 0 Å². The van der Waals surface area contributed by atoms with Crippen molar-refractivity contribution in [3.05, 3.63) is 47.8 Å². The maximum atomic E-state index is 11.6. The Bertz CT molecular complexity index is 883. The molecule has 2 aromatic carbocycles. The van der Waals surface area contributed by atoms with Crippen LogP contribution >= 0.6 is 23.6 Å². The molecule has 0 aliphatic heterocycles. The maximum absolute atomic E-state index is 11.6. The lowest BCUT2D eigenvalue weighted by atomic mass is 10.0. The highest BCUT2D eigenvalue weighted by atomic mass is 32.1. The molecule has 1 heterocycles. The Morgan fingerprint density at radius 1 is 1.21 bits per heavy atom. The topological polar surface area (TPSA) is 54.0 Å². The van der Waals surface area contributed by atoms with Crippen LogP contribution in [0.1, 0.15) is 19.8 Å². The van der Waals surface area contributed by atoms with E-state index in [4.69, 9.17) is 12.2 Å². The number of anilines is 1. The molecule has 1 aromatic heterocycles. The highest BCUT2D eigenvalue weighted by Crippen LogP contribution is 2.30. The molecular weight excluding hydrogens is 338 g/mol. The minimum Gasteiger partial charge on any atom is -0.308 e. The van der Waals surface area contributed by atoms with Crippen molar-refractivity contribution in [3.63, 3.8) is 0 Å². The summed E-state index contributed by atoms with van der Waals surface area (Å²) in [5, 5.41) is 10.9. The largest absolute Gasteiger partial charge is 0.308 e. The molecule has 6 heteroatoms. The average Bonchev–Trinajstić information content (AvgIpc) is 3.02. The van der Waals surface area contributed by atoms with Crippen molar-refractivity contribution >= 4 is 50.5 Å². The first-order chi connectivity index (χ1) is 11.7. The number of carbonyl (C=O) groups excluding carboxylic acids is 1. The summed E-state index contributed by atoms with van der Waals surface area (Å²) in [6, 6.07) is 14.4. The molecular formula is C18H17N3OS2. The molecule has 0 unspecified atom stereocenters. The second-order valence-corrected chi connectivity index (χ2v) is 6.58. The van der Waals surface area contributed by atoms with Gasteiger partial charge in [-0.1, -0.05) is 49.4 Å². The van der Waals surface area contributed by atoms with Gasteiger partial charge in [0, 0.05) is 17.4 Å². The number of benzene rings is 2. The number of fused-ring (bicyclic) bond motifs is 1. The van der Waals surface area contributed by atoms with Crippen LogP contribution in [0, 0.1) is 0 Å². The van der Waals surface area contributed by atoms with Crippen LogP contribution in [0.3, 0.4) is 0 Å². The summed E-state index contributed by atoms with van der Waals surface area (Å²) in [5.74, 6) is -0.0826. The normalized spacial score (nSPS) is 10.5. The molecule has 0 aliphatic carbocycles. The Labute approximate surface area is 149 Å². The van der Waals surface area contributed by atoms with Gasteiger partial charge < -0.3 is 10.6 Å². The van der Waals surface area contributed by atoms with Crippen molar-refractivity contribution in [1.29, 1.82) is 0 Å². The monoisotopic (exact) mass is 355 g/mol. The minimum atomic E-state index is -0.0826. The number of hydrogen-bond donors (Lipinski definition) is 2. The second kappa shape index (κ2) is 7.51. The molecule has 0 bridgehead atoms. The molecule has 0 radical (unpaired) electrons. The van der Waals surface area contributed by atoms with E-state index in [9.17, 15) is 4.79 Å². The first-order valence-electron chi connectivity index (χ1n) is 7.72. The molecule has 0 saturated carbocycles. The Morgan fingerprint density at radius 2 is 2.00 bits per heavy atom. The predicted octanol–water partition coefficient (Wildman–Crippen LogP) is 4.58. The highest BCUT2D eigenvalue weighted by Gasteiger charge is 2.10. The minimum absolute atomic E-state index is 0.0826. The molecule has 1 amide bonds. The van der Waals surface area contributed by atoms with Gasteiger partial charge in [-0.3, -0.25) is 4.79 Å². The number of aromatic nitrogens is 1. The number of nitrogens with zero attached hydrogens (tertiary/aromatic N) is 1. The summed E-state index contributed by atoms with van der Waals surface area (Å²) in [6.07, 6.45) is 1.25. The zero-order valence-electron chi connectivity index (χ0n) is 13.2. The molecule has 3 rings (SSSR count). The Morgan fingerprint density at radius 3 is 2.83 bits per heavy atom. The van der Waals surface area contributed by atoms with Crippen LogP contribution < -0.4 is 10.6 Å². The third kappa shape index (κ3) is 3.77. The summed E-state index contributed by atoms with van der Waals surface area (Å²) in [4.78, 5) is 16.2. The van der Waals surface area contributed by atoms with E-state index in [-0.39, 0.29) is 11.0 Å². The van der Waals surface area contributed by atoms with Gasteiger partial charge in [0.2, 0.25) is 5.91 Å².